The summed E-state index contributed by atoms with van der Waals surface area (Å²) in [5.74, 6) is 0.00301. The SMILES string of the molecule is CCCC[C@H](NCc1nc2ccc(OC)cc2s1)C(=O)O. The Kier molecular flexibility index (Phi) is 5.52. The van der Waals surface area contributed by atoms with E-state index in [9.17, 15) is 9.90 Å². The van der Waals surface area contributed by atoms with Crippen molar-refractivity contribution < 1.29 is 14.6 Å². The second-order valence-corrected chi connectivity index (χ2v) is 5.97. The molecule has 0 aliphatic rings. The molecule has 0 unspecified atom stereocenters. The third kappa shape index (κ3) is 4.15. The number of benzene rings is 1. The van der Waals surface area contributed by atoms with Crippen molar-refractivity contribution in [2.24, 2.45) is 0 Å². The number of ether oxygens (including phenoxy) is 1. The number of fused-ring (bicyclic) bond motifs is 1. The molecule has 5 nitrogen and oxygen atoms in total. The van der Waals surface area contributed by atoms with Crippen LogP contribution in [-0.2, 0) is 11.3 Å². The Hall–Kier alpha value is -1.66. The number of aliphatic carboxylic acids is 1. The largest absolute Gasteiger partial charge is 0.497 e. The van der Waals surface area contributed by atoms with Gasteiger partial charge in [0.1, 0.15) is 16.8 Å². The van der Waals surface area contributed by atoms with Crippen molar-refractivity contribution in [2.75, 3.05) is 7.11 Å². The number of thiazole rings is 1. The number of carboxylic acid groups (broad SMARTS) is 1. The summed E-state index contributed by atoms with van der Waals surface area (Å²) >= 11 is 1.56. The van der Waals surface area contributed by atoms with Crippen molar-refractivity contribution in [1.29, 1.82) is 0 Å². The van der Waals surface area contributed by atoms with Crippen LogP contribution in [0.2, 0.25) is 0 Å². The lowest BCUT2D eigenvalue weighted by molar-refractivity contribution is -0.139. The zero-order valence-corrected chi connectivity index (χ0v) is 13.1. The van der Waals surface area contributed by atoms with Crippen molar-refractivity contribution >= 4 is 27.5 Å². The number of carboxylic acids is 1. The fourth-order valence-electron chi connectivity index (χ4n) is 2.09. The quantitative estimate of drug-likeness (QED) is 0.784. The van der Waals surface area contributed by atoms with Crippen LogP contribution in [0, 0.1) is 0 Å². The minimum absolute atomic E-state index is 0.475. The Morgan fingerprint density at radius 3 is 3.00 bits per heavy atom. The summed E-state index contributed by atoms with van der Waals surface area (Å²) in [5.41, 5.74) is 0.915. The maximum absolute atomic E-state index is 11.2. The molecule has 0 saturated carbocycles. The molecule has 2 rings (SSSR count). The highest BCUT2D eigenvalue weighted by Gasteiger charge is 2.16. The molecular formula is C15H20N2O3S. The Bertz CT molecular complexity index is 612. The van der Waals surface area contributed by atoms with E-state index in [1.54, 1.807) is 18.4 Å². The highest BCUT2D eigenvalue weighted by Crippen LogP contribution is 2.26. The van der Waals surface area contributed by atoms with Crippen molar-refractivity contribution in [2.45, 2.75) is 38.8 Å². The number of aromatic nitrogens is 1. The predicted molar refractivity (Wildman–Crippen MR) is 84.0 cm³/mol. The van der Waals surface area contributed by atoms with Crippen LogP contribution in [0.4, 0.5) is 0 Å². The van der Waals surface area contributed by atoms with Crippen molar-refractivity contribution in [1.82, 2.24) is 10.3 Å². The smallest absolute Gasteiger partial charge is 0.320 e. The number of nitrogens with zero attached hydrogens (tertiary/aromatic N) is 1. The van der Waals surface area contributed by atoms with Crippen LogP contribution in [-0.4, -0.2) is 29.2 Å². The summed E-state index contributed by atoms with van der Waals surface area (Å²) < 4.78 is 6.24. The van der Waals surface area contributed by atoms with E-state index in [0.29, 0.717) is 13.0 Å². The Morgan fingerprint density at radius 2 is 2.33 bits per heavy atom. The molecule has 21 heavy (non-hydrogen) atoms. The Morgan fingerprint density at radius 1 is 1.52 bits per heavy atom. The zero-order valence-electron chi connectivity index (χ0n) is 12.3. The minimum atomic E-state index is -0.800. The number of hydrogen-bond donors (Lipinski definition) is 2. The molecule has 1 atom stereocenters. The summed E-state index contributed by atoms with van der Waals surface area (Å²) in [6, 6.07) is 5.23. The van der Waals surface area contributed by atoms with Gasteiger partial charge in [-0.15, -0.1) is 11.3 Å². The minimum Gasteiger partial charge on any atom is -0.497 e. The van der Waals surface area contributed by atoms with Crippen molar-refractivity contribution in [3.63, 3.8) is 0 Å². The first-order valence-electron chi connectivity index (χ1n) is 7.03. The average molecular weight is 308 g/mol. The maximum atomic E-state index is 11.2. The van der Waals surface area contributed by atoms with Crippen LogP contribution in [0.5, 0.6) is 5.75 Å². The van der Waals surface area contributed by atoms with E-state index in [1.165, 1.54) is 0 Å². The molecule has 0 saturated heterocycles. The number of rotatable bonds is 8. The van der Waals surface area contributed by atoms with Gasteiger partial charge in [0.15, 0.2) is 0 Å². The van der Waals surface area contributed by atoms with E-state index in [1.807, 2.05) is 18.2 Å². The van der Waals surface area contributed by atoms with E-state index in [4.69, 9.17) is 4.74 Å². The first kappa shape index (κ1) is 15.7. The van der Waals surface area contributed by atoms with Crippen LogP contribution in [0.25, 0.3) is 10.2 Å². The van der Waals surface area contributed by atoms with Crippen LogP contribution in [0.15, 0.2) is 18.2 Å². The summed E-state index contributed by atoms with van der Waals surface area (Å²) in [7, 11) is 1.63. The van der Waals surface area contributed by atoms with E-state index < -0.39 is 12.0 Å². The number of methoxy groups -OCH3 is 1. The van der Waals surface area contributed by atoms with Crippen molar-refractivity contribution in [3.8, 4) is 5.75 Å². The van der Waals surface area contributed by atoms with Gasteiger partial charge >= 0.3 is 5.97 Å². The third-order valence-corrected chi connectivity index (χ3v) is 4.30. The zero-order chi connectivity index (χ0) is 15.2. The summed E-state index contributed by atoms with van der Waals surface area (Å²) in [6.45, 7) is 2.53. The molecule has 114 valence electrons. The standard InChI is InChI=1S/C15H20N2O3S/c1-3-4-5-12(15(18)19)16-9-14-17-11-7-6-10(20-2)8-13(11)21-14/h6-8,12,16H,3-5,9H2,1-2H3,(H,18,19)/t12-/m0/s1. The normalized spacial score (nSPS) is 12.5. The topological polar surface area (TPSA) is 71.5 Å². The molecule has 0 bridgehead atoms. The molecule has 0 spiro atoms. The number of nitrogens with one attached hydrogen (secondary N) is 1. The predicted octanol–water partition coefficient (Wildman–Crippen LogP) is 3.04. The first-order valence-corrected chi connectivity index (χ1v) is 7.85. The molecule has 1 aromatic heterocycles. The monoisotopic (exact) mass is 308 g/mol. The van der Waals surface area contributed by atoms with Gasteiger partial charge in [-0.05, 0) is 24.6 Å². The number of carbonyl (C=O) groups is 1. The van der Waals surface area contributed by atoms with E-state index in [2.05, 4.69) is 17.2 Å². The fourth-order valence-corrected chi connectivity index (χ4v) is 3.03. The van der Waals surface area contributed by atoms with Gasteiger partial charge in [0.25, 0.3) is 0 Å². The highest BCUT2D eigenvalue weighted by molar-refractivity contribution is 7.18. The van der Waals surface area contributed by atoms with Gasteiger partial charge in [-0.2, -0.15) is 0 Å². The average Bonchev–Trinajstić information content (AvgIpc) is 2.88. The lowest BCUT2D eigenvalue weighted by Gasteiger charge is -2.12. The van der Waals surface area contributed by atoms with Gasteiger partial charge in [0.2, 0.25) is 0 Å². The van der Waals surface area contributed by atoms with Gasteiger partial charge in [-0.25, -0.2) is 4.98 Å². The lowest BCUT2D eigenvalue weighted by Crippen LogP contribution is -2.36. The fraction of sp³-hybridized carbons (Fsp3) is 0.467. The van der Waals surface area contributed by atoms with Crippen LogP contribution < -0.4 is 10.1 Å². The summed E-state index contributed by atoms with van der Waals surface area (Å²) in [6.07, 6.45) is 2.54. The van der Waals surface area contributed by atoms with Crippen LogP contribution >= 0.6 is 11.3 Å². The van der Waals surface area contributed by atoms with E-state index in [-0.39, 0.29) is 0 Å². The summed E-state index contributed by atoms with van der Waals surface area (Å²) in [5, 5.41) is 13.2. The van der Waals surface area contributed by atoms with Gasteiger partial charge in [0.05, 0.1) is 17.3 Å². The van der Waals surface area contributed by atoms with Gasteiger partial charge < -0.3 is 9.84 Å². The Labute approximate surface area is 128 Å². The van der Waals surface area contributed by atoms with Gasteiger partial charge in [-0.1, -0.05) is 19.8 Å². The van der Waals surface area contributed by atoms with Gasteiger partial charge in [-0.3, -0.25) is 10.1 Å². The molecule has 2 N–H and O–H groups in total. The second-order valence-electron chi connectivity index (χ2n) is 4.86. The highest BCUT2D eigenvalue weighted by atomic mass is 32.1. The van der Waals surface area contributed by atoms with Crippen LogP contribution in [0.3, 0.4) is 0 Å². The van der Waals surface area contributed by atoms with Crippen molar-refractivity contribution in [3.05, 3.63) is 23.2 Å². The van der Waals surface area contributed by atoms with E-state index >= 15 is 0 Å². The first-order chi connectivity index (χ1) is 10.1. The number of unbranched alkanes of at least 4 members (excludes halogenated alkanes) is 1. The molecule has 1 aromatic carbocycles. The molecule has 0 fully saturated rings. The lowest BCUT2D eigenvalue weighted by atomic mass is 10.1. The third-order valence-electron chi connectivity index (χ3n) is 3.28. The van der Waals surface area contributed by atoms with Crippen LogP contribution in [0.1, 0.15) is 31.2 Å². The maximum Gasteiger partial charge on any atom is 0.320 e. The molecule has 6 heteroatoms. The van der Waals surface area contributed by atoms with E-state index in [0.717, 1.165) is 33.8 Å². The molecule has 0 aliphatic carbocycles. The molecule has 2 aromatic rings. The van der Waals surface area contributed by atoms with Gasteiger partial charge in [0, 0.05) is 6.54 Å². The molecular weight excluding hydrogens is 288 g/mol. The molecule has 0 radical (unpaired) electrons. The summed E-state index contributed by atoms with van der Waals surface area (Å²) in [4.78, 5) is 15.7. The molecule has 1 heterocycles. The number of hydrogen-bond acceptors (Lipinski definition) is 5. The Balaban J connectivity index is 2.03. The molecule has 0 aliphatic heterocycles. The molecule has 0 amide bonds. The second kappa shape index (κ2) is 7.38.